The van der Waals surface area contributed by atoms with Gasteiger partial charge < -0.3 is 11.1 Å². The summed E-state index contributed by atoms with van der Waals surface area (Å²) in [6, 6.07) is 0.545. The average molecular weight is 284 g/mol. The van der Waals surface area contributed by atoms with E-state index in [1.54, 1.807) is 0 Å². The van der Waals surface area contributed by atoms with Crippen molar-refractivity contribution >= 4 is 17.7 Å². The summed E-state index contributed by atoms with van der Waals surface area (Å²) in [7, 11) is 0. The molecule has 4 heteroatoms. The van der Waals surface area contributed by atoms with Gasteiger partial charge in [-0.3, -0.25) is 4.79 Å². The molecule has 3 N–H and O–H groups in total. The molecule has 0 aromatic rings. The van der Waals surface area contributed by atoms with E-state index in [0.717, 1.165) is 31.4 Å². The molecule has 0 saturated heterocycles. The lowest BCUT2D eigenvalue weighted by atomic mass is 9.84. The highest BCUT2D eigenvalue weighted by molar-refractivity contribution is 8.00. The third kappa shape index (κ3) is 3.88. The first-order chi connectivity index (χ1) is 8.83. The van der Waals surface area contributed by atoms with Gasteiger partial charge in [0.15, 0.2) is 0 Å². The van der Waals surface area contributed by atoms with Gasteiger partial charge in [-0.15, -0.1) is 0 Å². The smallest absolute Gasteiger partial charge is 0.238 e. The number of hydrogen-bond acceptors (Lipinski definition) is 3. The second-order valence-electron chi connectivity index (χ2n) is 7.09. The second-order valence-corrected chi connectivity index (χ2v) is 9.01. The third-order valence-corrected chi connectivity index (χ3v) is 5.61. The number of amides is 1. The van der Waals surface area contributed by atoms with Crippen LogP contribution in [0.4, 0.5) is 0 Å². The fraction of sp³-hybridized carbons (Fsp3) is 0.933. The predicted octanol–water partition coefficient (Wildman–Crippen LogP) is 2.68. The fourth-order valence-corrected chi connectivity index (χ4v) is 4.17. The summed E-state index contributed by atoms with van der Waals surface area (Å²) < 4.78 is 0.303. The van der Waals surface area contributed by atoms with Crippen LogP contribution in [-0.2, 0) is 4.79 Å². The minimum atomic E-state index is -0.403. The van der Waals surface area contributed by atoms with Gasteiger partial charge in [-0.25, -0.2) is 0 Å². The van der Waals surface area contributed by atoms with E-state index in [0.29, 0.717) is 16.7 Å². The number of nitrogens with two attached hydrogens (primary N) is 1. The number of carbonyl (C=O) groups is 1. The summed E-state index contributed by atoms with van der Waals surface area (Å²) in [5.41, 5.74) is 5.35. The average Bonchev–Trinajstić information content (AvgIpc) is 2.98. The van der Waals surface area contributed by atoms with Crippen LogP contribution in [-0.4, -0.2) is 28.0 Å². The van der Waals surface area contributed by atoms with Gasteiger partial charge in [0.25, 0.3) is 0 Å². The van der Waals surface area contributed by atoms with Crippen molar-refractivity contribution in [1.29, 1.82) is 0 Å². The van der Waals surface area contributed by atoms with Crippen LogP contribution in [0.25, 0.3) is 0 Å². The Morgan fingerprint density at radius 1 is 1.37 bits per heavy atom. The number of primary amides is 1. The van der Waals surface area contributed by atoms with Crippen LogP contribution in [0.1, 0.15) is 59.3 Å². The molecule has 0 aromatic heterocycles. The molecule has 0 heterocycles. The van der Waals surface area contributed by atoms with Crippen LogP contribution in [0.3, 0.4) is 0 Å². The molecule has 0 aliphatic heterocycles. The lowest BCUT2D eigenvalue weighted by molar-refractivity contribution is -0.126. The Balaban J connectivity index is 1.94. The van der Waals surface area contributed by atoms with Crippen molar-refractivity contribution in [2.45, 2.75) is 75.6 Å². The van der Waals surface area contributed by atoms with E-state index in [2.05, 4.69) is 26.1 Å². The van der Waals surface area contributed by atoms with Crippen molar-refractivity contribution in [3.8, 4) is 0 Å². The van der Waals surface area contributed by atoms with Crippen molar-refractivity contribution in [3.05, 3.63) is 0 Å². The lowest BCUT2D eigenvalue weighted by Crippen LogP contribution is -2.58. The Kier molecular flexibility index (Phi) is 4.51. The van der Waals surface area contributed by atoms with E-state index in [9.17, 15) is 4.79 Å². The van der Waals surface area contributed by atoms with Crippen molar-refractivity contribution in [3.63, 3.8) is 0 Å². The molecule has 2 atom stereocenters. The number of thioether (sulfide) groups is 1. The molecule has 3 nitrogen and oxygen atoms in total. The van der Waals surface area contributed by atoms with Gasteiger partial charge in [-0.1, -0.05) is 27.2 Å². The van der Waals surface area contributed by atoms with Crippen LogP contribution in [0.5, 0.6) is 0 Å². The molecule has 2 saturated carbocycles. The minimum Gasteiger partial charge on any atom is -0.368 e. The summed E-state index contributed by atoms with van der Waals surface area (Å²) >= 11 is 1.99. The third-order valence-electron chi connectivity index (χ3n) is 4.30. The van der Waals surface area contributed by atoms with Gasteiger partial charge >= 0.3 is 0 Å². The number of rotatable bonds is 6. The number of hydrogen-bond donors (Lipinski definition) is 2. The summed E-state index contributed by atoms with van der Waals surface area (Å²) in [5, 5.41) is 3.58. The highest BCUT2D eigenvalue weighted by atomic mass is 32.2. The predicted molar refractivity (Wildman–Crippen MR) is 82.3 cm³/mol. The molecular formula is C15H28N2OS. The second kappa shape index (κ2) is 5.65. The van der Waals surface area contributed by atoms with E-state index in [1.165, 1.54) is 12.8 Å². The highest BCUT2D eigenvalue weighted by Crippen LogP contribution is 2.41. The number of carbonyl (C=O) groups excluding carboxylic acids is 1. The first-order valence-corrected chi connectivity index (χ1v) is 8.54. The van der Waals surface area contributed by atoms with Gasteiger partial charge in [0.05, 0.1) is 0 Å². The van der Waals surface area contributed by atoms with Gasteiger partial charge in [0.1, 0.15) is 5.54 Å². The van der Waals surface area contributed by atoms with E-state index in [4.69, 9.17) is 5.73 Å². The largest absolute Gasteiger partial charge is 0.368 e. The van der Waals surface area contributed by atoms with Crippen molar-refractivity contribution in [2.75, 3.05) is 5.75 Å². The molecule has 19 heavy (non-hydrogen) atoms. The summed E-state index contributed by atoms with van der Waals surface area (Å²) in [5.74, 6) is 1.43. The topological polar surface area (TPSA) is 55.1 Å². The van der Waals surface area contributed by atoms with Crippen molar-refractivity contribution in [2.24, 2.45) is 11.7 Å². The first-order valence-electron chi connectivity index (χ1n) is 7.55. The maximum atomic E-state index is 12.0. The molecule has 0 spiro atoms. The molecular weight excluding hydrogens is 256 g/mol. The van der Waals surface area contributed by atoms with Gasteiger partial charge in [0.2, 0.25) is 5.91 Å². The van der Waals surface area contributed by atoms with Crippen LogP contribution in [0.15, 0.2) is 0 Å². The molecule has 0 bridgehead atoms. The maximum Gasteiger partial charge on any atom is 0.238 e. The van der Waals surface area contributed by atoms with Crippen molar-refractivity contribution < 1.29 is 4.79 Å². The van der Waals surface area contributed by atoms with E-state index < -0.39 is 5.54 Å². The zero-order valence-electron chi connectivity index (χ0n) is 12.5. The van der Waals surface area contributed by atoms with Crippen molar-refractivity contribution in [1.82, 2.24) is 5.32 Å². The van der Waals surface area contributed by atoms with Gasteiger partial charge in [0, 0.05) is 10.8 Å². The maximum absolute atomic E-state index is 12.0. The summed E-state index contributed by atoms with van der Waals surface area (Å²) in [6.07, 6.45) is 6.73. The molecule has 110 valence electrons. The minimum absolute atomic E-state index is 0.123. The van der Waals surface area contributed by atoms with E-state index >= 15 is 0 Å². The highest BCUT2D eigenvalue weighted by Gasteiger charge is 2.49. The summed E-state index contributed by atoms with van der Waals surface area (Å²) in [6.45, 7) is 6.74. The Bertz CT molecular complexity index is 336. The van der Waals surface area contributed by atoms with Crippen LogP contribution >= 0.6 is 11.8 Å². The molecule has 2 aliphatic carbocycles. The van der Waals surface area contributed by atoms with E-state index in [1.807, 2.05) is 11.8 Å². The zero-order chi connectivity index (χ0) is 14.1. The Labute approximate surface area is 121 Å². The normalized spacial score (nSPS) is 31.6. The molecule has 0 aromatic carbocycles. The fourth-order valence-electron chi connectivity index (χ4n) is 3.15. The molecule has 2 unspecified atom stereocenters. The quantitative estimate of drug-likeness (QED) is 0.788. The molecule has 2 rings (SSSR count). The van der Waals surface area contributed by atoms with Gasteiger partial charge in [-0.2, -0.15) is 11.8 Å². The van der Waals surface area contributed by atoms with Crippen LogP contribution in [0.2, 0.25) is 0 Å². The van der Waals surface area contributed by atoms with Crippen LogP contribution < -0.4 is 11.1 Å². The van der Waals surface area contributed by atoms with E-state index in [-0.39, 0.29) is 5.91 Å². The standard InChI is InChI=1S/C15H28N2OS/c1-14(2,3)19-10-8-11-5-4-9-15(11,13(16)18)17-12-6-7-12/h11-12,17H,4-10H2,1-3H3,(H2,16,18). The van der Waals surface area contributed by atoms with Gasteiger partial charge in [-0.05, 0) is 43.8 Å². The first kappa shape index (κ1) is 15.2. The zero-order valence-corrected chi connectivity index (χ0v) is 13.3. The molecule has 1 amide bonds. The Hall–Kier alpha value is -0.220. The SMILES string of the molecule is CC(C)(C)SCCC1CCCC1(NC1CC1)C(N)=O. The molecule has 2 aliphatic rings. The molecule has 0 radical (unpaired) electrons. The monoisotopic (exact) mass is 284 g/mol. The lowest BCUT2D eigenvalue weighted by Gasteiger charge is -2.34. The summed E-state index contributed by atoms with van der Waals surface area (Å²) in [4.78, 5) is 12.0. The number of nitrogens with one attached hydrogen (secondary N) is 1. The molecule has 2 fully saturated rings. The van der Waals surface area contributed by atoms with Crippen LogP contribution in [0, 0.1) is 5.92 Å². The Morgan fingerprint density at radius 3 is 2.58 bits per heavy atom. The Morgan fingerprint density at radius 2 is 2.05 bits per heavy atom.